The van der Waals surface area contributed by atoms with Gasteiger partial charge in [-0.3, -0.25) is 14.5 Å². The van der Waals surface area contributed by atoms with Crippen molar-refractivity contribution in [1.29, 1.82) is 0 Å². The third kappa shape index (κ3) is 3.96. The summed E-state index contributed by atoms with van der Waals surface area (Å²) in [5, 5.41) is 11.1. The SMILES string of the molecule is Cc1ccc(SCCN2CCn3c(C4CCCN4C)nc(=O)c(O)c3C2=O)cc1Cl. The summed E-state index contributed by atoms with van der Waals surface area (Å²) < 4.78 is 1.74. The fourth-order valence-electron chi connectivity index (χ4n) is 4.12. The van der Waals surface area contributed by atoms with Crippen molar-refractivity contribution in [2.75, 3.05) is 32.4 Å². The number of halogens is 1. The van der Waals surface area contributed by atoms with Gasteiger partial charge in [-0.15, -0.1) is 11.8 Å². The summed E-state index contributed by atoms with van der Waals surface area (Å²) >= 11 is 7.81. The lowest BCUT2D eigenvalue weighted by Crippen LogP contribution is -2.44. The molecule has 0 radical (unpaired) electrons. The first kappa shape index (κ1) is 21.2. The number of aromatic nitrogens is 2. The number of hydrogen-bond acceptors (Lipinski definition) is 6. The molecular formula is C21H25ClN4O3S. The molecule has 2 aromatic rings. The van der Waals surface area contributed by atoms with Gasteiger partial charge < -0.3 is 14.6 Å². The van der Waals surface area contributed by atoms with E-state index in [0.717, 1.165) is 34.9 Å². The summed E-state index contributed by atoms with van der Waals surface area (Å²) in [5.74, 6) is 0.415. The average molecular weight is 449 g/mol. The van der Waals surface area contributed by atoms with Gasteiger partial charge in [0.05, 0.1) is 6.04 Å². The minimum Gasteiger partial charge on any atom is -0.501 e. The molecule has 1 fully saturated rings. The van der Waals surface area contributed by atoms with Crippen LogP contribution in [0.2, 0.25) is 5.02 Å². The quantitative estimate of drug-likeness (QED) is 0.708. The molecule has 1 saturated heterocycles. The second kappa shape index (κ2) is 8.61. The molecule has 7 nitrogen and oxygen atoms in total. The molecule has 4 rings (SSSR count). The van der Waals surface area contributed by atoms with E-state index in [1.165, 1.54) is 0 Å². The van der Waals surface area contributed by atoms with Gasteiger partial charge in [0, 0.05) is 35.3 Å². The van der Waals surface area contributed by atoms with Crippen molar-refractivity contribution in [3.8, 4) is 5.75 Å². The molecule has 1 aromatic heterocycles. The third-order valence-corrected chi connectivity index (χ3v) is 7.25. The summed E-state index contributed by atoms with van der Waals surface area (Å²) in [7, 11) is 2.00. The number of fused-ring (bicyclic) bond motifs is 1. The van der Waals surface area contributed by atoms with E-state index >= 15 is 0 Å². The maximum absolute atomic E-state index is 13.1. The van der Waals surface area contributed by atoms with Crippen LogP contribution in [-0.4, -0.2) is 62.8 Å². The monoisotopic (exact) mass is 448 g/mol. The lowest BCUT2D eigenvalue weighted by molar-refractivity contribution is 0.0702. The maximum atomic E-state index is 13.1. The lowest BCUT2D eigenvalue weighted by atomic mass is 10.1. The van der Waals surface area contributed by atoms with Crippen molar-refractivity contribution < 1.29 is 9.90 Å². The van der Waals surface area contributed by atoms with Crippen LogP contribution in [0, 0.1) is 6.92 Å². The molecule has 30 heavy (non-hydrogen) atoms. The van der Waals surface area contributed by atoms with Gasteiger partial charge in [-0.05, 0) is 51.1 Å². The Morgan fingerprint density at radius 3 is 2.77 bits per heavy atom. The number of aromatic hydroxyl groups is 1. The zero-order valence-electron chi connectivity index (χ0n) is 17.1. The molecule has 1 atom stereocenters. The van der Waals surface area contributed by atoms with Gasteiger partial charge in [0.25, 0.3) is 5.91 Å². The van der Waals surface area contributed by atoms with Crippen LogP contribution in [0.3, 0.4) is 0 Å². The zero-order chi connectivity index (χ0) is 21.4. The van der Waals surface area contributed by atoms with Crippen LogP contribution in [-0.2, 0) is 6.54 Å². The zero-order valence-corrected chi connectivity index (χ0v) is 18.7. The van der Waals surface area contributed by atoms with E-state index in [0.29, 0.717) is 31.2 Å². The van der Waals surface area contributed by atoms with Gasteiger partial charge in [-0.25, -0.2) is 0 Å². The Morgan fingerprint density at radius 2 is 2.07 bits per heavy atom. The molecule has 0 aliphatic carbocycles. The Morgan fingerprint density at radius 1 is 1.27 bits per heavy atom. The van der Waals surface area contributed by atoms with Crippen LogP contribution in [0.1, 0.15) is 40.8 Å². The van der Waals surface area contributed by atoms with E-state index in [4.69, 9.17) is 11.6 Å². The van der Waals surface area contributed by atoms with Gasteiger partial charge in [-0.1, -0.05) is 17.7 Å². The van der Waals surface area contributed by atoms with Gasteiger partial charge in [-0.2, -0.15) is 4.98 Å². The number of hydrogen-bond donors (Lipinski definition) is 1. The van der Waals surface area contributed by atoms with E-state index in [-0.39, 0.29) is 17.6 Å². The highest BCUT2D eigenvalue weighted by Gasteiger charge is 2.34. The predicted octanol–water partition coefficient (Wildman–Crippen LogP) is 2.93. The minimum absolute atomic E-state index is 0.00163. The first-order chi connectivity index (χ1) is 14.4. The molecule has 9 heteroatoms. The van der Waals surface area contributed by atoms with E-state index in [1.807, 2.05) is 32.2 Å². The van der Waals surface area contributed by atoms with Gasteiger partial charge in [0.1, 0.15) is 5.82 Å². The smallest absolute Gasteiger partial charge is 0.315 e. The van der Waals surface area contributed by atoms with Crippen molar-refractivity contribution in [3.05, 3.63) is 50.7 Å². The number of benzene rings is 1. The number of rotatable bonds is 5. The van der Waals surface area contributed by atoms with Gasteiger partial charge in [0.15, 0.2) is 5.69 Å². The van der Waals surface area contributed by atoms with E-state index in [9.17, 15) is 14.7 Å². The number of nitrogens with zero attached hydrogens (tertiary/aromatic N) is 4. The maximum Gasteiger partial charge on any atom is 0.315 e. The van der Waals surface area contributed by atoms with Crippen LogP contribution >= 0.6 is 23.4 Å². The highest BCUT2D eigenvalue weighted by molar-refractivity contribution is 7.99. The second-order valence-electron chi connectivity index (χ2n) is 7.81. The third-order valence-electron chi connectivity index (χ3n) is 5.86. The fraction of sp³-hybridized carbons (Fsp3) is 0.476. The van der Waals surface area contributed by atoms with Crippen LogP contribution in [0.15, 0.2) is 27.9 Å². The number of amides is 1. The van der Waals surface area contributed by atoms with Crippen molar-refractivity contribution >= 4 is 29.3 Å². The summed E-state index contributed by atoms with van der Waals surface area (Å²) in [5.41, 5.74) is 0.373. The number of aryl methyl sites for hydroxylation is 1. The van der Waals surface area contributed by atoms with Gasteiger partial charge in [0.2, 0.25) is 5.75 Å². The normalized spacial score (nSPS) is 19.4. The Bertz CT molecular complexity index is 1040. The molecule has 0 saturated carbocycles. The largest absolute Gasteiger partial charge is 0.501 e. The fourth-order valence-corrected chi connectivity index (χ4v) is 5.28. The van der Waals surface area contributed by atoms with Crippen LogP contribution in [0.4, 0.5) is 0 Å². The predicted molar refractivity (Wildman–Crippen MR) is 118 cm³/mol. The van der Waals surface area contributed by atoms with Crippen molar-refractivity contribution in [2.45, 2.75) is 37.2 Å². The number of carbonyl (C=O) groups excluding carboxylic acids is 1. The lowest BCUT2D eigenvalue weighted by Gasteiger charge is -2.33. The Hall–Kier alpha value is -2.03. The summed E-state index contributed by atoms with van der Waals surface area (Å²) in [4.78, 5) is 34.4. The molecule has 2 aliphatic rings. The van der Waals surface area contributed by atoms with Crippen LogP contribution in [0.5, 0.6) is 5.75 Å². The summed E-state index contributed by atoms with van der Waals surface area (Å²) in [6.45, 7) is 4.44. The molecule has 1 unspecified atom stereocenters. The molecule has 0 bridgehead atoms. The number of likely N-dealkylation sites (tertiary alicyclic amines) is 1. The van der Waals surface area contributed by atoms with E-state index < -0.39 is 11.3 Å². The first-order valence-electron chi connectivity index (χ1n) is 10.1. The Balaban J connectivity index is 1.52. The van der Waals surface area contributed by atoms with Crippen molar-refractivity contribution in [2.24, 2.45) is 0 Å². The second-order valence-corrected chi connectivity index (χ2v) is 9.39. The highest BCUT2D eigenvalue weighted by Crippen LogP contribution is 2.32. The van der Waals surface area contributed by atoms with Crippen molar-refractivity contribution in [1.82, 2.24) is 19.4 Å². The molecular weight excluding hydrogens is 424 g/mol. The molecule has 0 spiro atoms. The Labute approximate surface area is 184 Å². The highest BCUT2D eigenvalue weighted by atomic mass is 35.5. The summed E-state index contributed by atoms with van der Waals surface area (Å²) in [6, 6.07) is 5.92. The summed E-state index contributed by atoms with van der Waals surface area (Å²) in [6.07, 6.45) is 1.91. The molecule has 160 valence electrons. The van der Waals surface area contributed by atoms with E-state index in [2.05, 4.69) is 9.88 Å². The minimum atomic E-state index is -0.726. The first-order valence-corrected chi connectivity index (χ1v) is 11.5. The molecule has 3 heterocycles. The van der Waals surface area contributed by atoms with E-state index in [1.54, 1.807) is 21.2 Å². The topological polar surface area (TPSA) is 78.7 Å². The Kier molecular flexibility index (Phi) is 6.09. The molecule has 1 aromatic carbocycles. The molecule has 2 aliphatic heterocycles. The van der Waals surface area contributed by atoms with Crippen LogP contribution < -0.4 is 5.56 Å². The van der Waals surface area contributed by atoms with Crippen LogP contribution in [0.25, 0.3) is 0 Å². The number of thioether (sulfide) groups is 1. The van der Waals surface area contributed by atoms with Gasteiger partial charge >= 0.3 is 5.56 Å². The molecule has 1 N–H and O–H groups in total. The van der Waals surface area contributed by atoms with Crippen molar-refractivity contribution in [3.63, 3.8) is 0 Å². The average Bonchev–Trinajstić information content (AvgIpc) is 3.14. The number of carbonyl (C=O) groups is 1. The molecule has 1 amide bonds. The standard InChI is InChI=1S/C21H25ClN4O3S/c1-13-5-6-14(12-15(13)22)30-11-10-25-8-9-26-17(21(25)29)18(27)20(28)23-19(26)16-4-3-7-24(16)2/h5-6,12,16,27H,3-4,7-11H2,1-2H3.